The number of pyridine rings is 1. The summed E-state index contributed by atoms with van der Waals surface area (Å²) in [7, 11) is 1.56. The first kappa shape index (κ1) is 15.4. The second-order valence-electron chi connectivity index (χ2n) is 5.12. The Balaban J connectivity index is 2.39. The number of rotatable bonds is 5. The van der Waals surface area contributed by atoms with Crippen LogP contribution in [0.1, 0.15) is 31.0 Å². The van der Waals surface area contributed by atoms with Gasteiger partial charge in [0.2, 0.25) is 5.91 Å². The van der Waals surface area contributed by atoms with Crippen LogP contribution in [0.25, 0.3) is 0 Å². The fourth-order valence-electron chi connectivity index (χ4n) is 2.78. The Morgan fingerprint density at radius 2 is 2.33 bits per heavy atom. The Kier molecular flexibility index (Phi) is 5.27. The van der Waals surface area contributed by atoms with Crippen LogP contribution in [-0.4, -0.2) is 47.1 Å². The number of methoxy groups -OCH3 is 1. The topological polar surface area (TPSA) is 79.7 Å². The molecule has 0 radical (unpaired) electrons. The molecule has 0 bridgehead atoms. The molecule has 1 saturated heterocycles. The molecule has 6 heteroatoms. The van der Waals surface area contributed by atoms with Crippen molar-refractivity contribution in [2.24, 2.45) is 5.92 Å². The number of hydrogen-bond donors (Lipinski definition) is 1. The maximum absolute atomic E-state index is 12.3. The molecule has 2 heterocycles. The van der Waals surface area contributed by atoms with Crippen molar-refractivity contribution >= 4 is 11.9 Å². The van der Waals surface area contributed by atoms with Gasteiger partial charge in [-0.1, -0.05) is 6.07 Å². The molecule has 1 aliphatic heterocycles. The lowest BCUT2D eigenvalue weighted by atomic mass is 9.92. The quantitative estimate of drug-likeness (QED) is 0.889. The number of likely N-dealkylation sites (tertiary alicyclic amines) is 1. The number of amides is 1. The van der Waals surface area contributed by atoms with E-state index in [4.69, 9.17) is 4.74 Å². The maximum Gasteiger partial charge on any atom is 0.309 e. The minimum Gasteiger partial charge on any atom is -0.481 e. The van der Waals surface area contributed by atoms with Crippen molar-refractivity contribution in [2.45, 2.75) is 25.3 Å². The first-order valence-electron chi connectivity index (χ1n) is 7.07. The van der Waals surface area contributed by atoms with Crippen molar-refractivity contribution in [1.82, 2.24) is 9.88 Å². The lowest BCUT2D eigenvalue weighted by molar-refractivity contribution is -0.146. The zero-order valence-corrected chi connectivity index (χ0v) is 12.1. The van der Waals surface area contributed by atoms with Gasteiger partial charge in [0.05, 0.1) is 24.3 Å². The minimum absolute atomic E-state index is 0.0357. The van der Waals surface area contributed by atoms with Crippen LogP contribution in [0.5, 0.6) is 0 Å². The van der Waals surface area contributed by atoms with Gasteiger partial charge in [-0.2, -0.15) is 0 Å². The number of carboxylic acids is 1. The van der Waals surface area contributed by atoms with Crippen molar-refractivity contribution in [3.05, 3.63) is 30.1 Å². The molecular formula is C15H20N2O4. The van der Waals surface area contributed by atoms with Crippen molar-refractivity contribution in [1.29, 1.82) is 0 Å². The molecule has 0 aliphatic carbocycles. The second-order valence-corrected chi connectivity index (χ2v) is 5.12. The summed E-state index contributed by atoms with van der Waals surface area (Å²) in [5.74, 6) is -1.56. The zero-order valence-electron chi connectivity index (χ0n) is 12.1. The molecule has 0 saturated carbocycles. The number of aromatic nitrogens is 1. The van der Waals surface area contributed by atoms with E-state index >= 15 is 0 Å². The van der Waals surface area contributed by atoms with Gasteiger partial charge in [0.15, 0.2) is 0 Å². The molecule has 1 aliphatic rings. The molecule has 1 aromatic rings. The molecular weight excluding hydrogens is 272 g/mol. The number of carbonyl (C=O) groups excluding carboxylic acids is 1. The predicted octanol–water partition coefficient (Wildman–Crippen LogP) is 1.48. The molecule has 114 valence electrons. The van der Waals surface area contributed by atoms with E-state index in [1.807, 2.05) is 6.07 Å². The van der Waals surface area contributed by atoms with Crippen LogP contribution in [-0.2, 0) is 14.3 Å². The van der Waals surface area contributed by atoms with Gasteiger partial charge in [-0.05, 0) is 25.0 Å². The summed E-state index contributed by atoms with van der Waals surface area (Å²) in [6, 6.07) is 4.83. The highest BCUT2D eigenvalue weighted by Gasteiger charge is 2.39. The number of carboxylic acid groups (broad SMARTS) is 1. The molecule has 1 N–H and O–H groups in total. The summed E-state index contributed by atoms with van der Waals surface area (Å²) in [5, 5.41) is 9.53. The van der Waals surface area contributed by atoms with Crippen molar-refractivity contribution < 1.29 is 19.4 Å². The lowest BCUT2D eigenvalue weighted by Gasteiger charge is -2.32. The smallest absolute Gasteiger partial charge is 0.309 e. The van der Waals surface area contributed by atoms with E-state index in [9.17, 15) is 14.7 Å². The summed E-state index contributed by atoms with van der Waals surface area (Å²) < 4.78 is 5.05. The van der Waals surface area contributed by atoms with Crippen LogP contribution in [0.15, 0.2) is 24.4 Å². The molecule has 2 atom stereocenters. The Morgan fingerprint density at radius 1 is 1.52 bits per heavy atom. The normalized spacial score (nSPS) is 22.9. The monoisotopic (exact) mass is 292 g/mol. The summed E-state index contributed by atoms with van der Waals surface area (Å²) in [4.78, 5) is 29.8. The van der Waals surface area contributed by atoms with Crippen LogP contribution in [0, 0.1) is 5.92 Å². The number of nitrogens with zero attached hydrogens (tertiary/aromatic N) is 2. The third-order valence-electron chi connectivity index (χ3n) is 3.79. The summed E-state index contributed by atoms with van der Waals surface area (Å²) in [6.45, 7) is 0.752. The van der Waals surface area contributed by atoms with Gasteiger partial charge in [0.25, 0.3) is 0 Å². The minimum atomic E-state index is -0.886. The van der Waals surface area contributed by atoms with Gasteiger partial charge in [-0.15, -0.1) is 0 Å². The zero-order chi connectivity index (χ0) is 15.2. The van der Waals surface area contributed by atoms with Crippen LogP contribution < -0.4 is 0 Å². The largest absolute Gasteiger partial charge is 0.481 e. The van der Waals surface area contributed by atoms with Crippen molar-refractivity contribution in [3.8, 4) is 0 Å². The third kappa shape index (κ3) is 3.58. The Hall–Kier alpha value is -1.95. The van der Waals surface area contributed by atoms with Crippen molar-refractivity contribution in [2.75, 3.05) is 20.3 Å². The van der Waals surface area contributed by atoms with Crippen LogP contribution in [0.2, 0.25) is 0 Å². The molecule has 0 aromatic carbocycles. The van der Waals surface area contributed by atoms with Crippen LogP contribution >= 0.6 is 0 Å². The van der Waals surface area contributed by atoms with Crippen LogP contribution in [0.4, 0.5) is 0 Å². The van der Waals surface area contributed by atoms with Gasteiger partial charge in [0.1, 0.15) is 0 Å². The Morgan fingerprint density at radius 3 is 2.95 bits per heavy atom. The highest BCUT2D eigenvalue weighted by molar-refractivity contribution is 5.79. The molecule has 1 aromatic heterocycles. The van der Waals surface area contributed by atoms with E-state index in [1.165, 1.54) is 0 Å². The van der Waals surface area contributed by atoms with Gasteiger partial charge in [-0.25, -0.2) is 0 Å². The predicted molar refractivity (Wildman–Crippen MR) is 75.5 cm³/mol. The van der Waals surface area contributed by atoms with E-state index in [-0.39, 0.29) is 5.91 Å². The van der Waals surface area contributed by atoms with Gasteiger partial charge < -0.3 is 14.7 Å². The first-order chi connectivity index (χ1) is 10.1. The molecule has 6 nitrogen and oxygen atoms in total. The first-order valence-corrected chi connectivity index (χ1v) is 7.07. The number of ether oxygens (including phenoxy) is 1. The number of carbonyl (C=O) groups is 2. The maximum atomic E-state index is 12.3. The molecule has 1 fully saturated rings. The molecule has 1 amide bonds. The van der Waals surface area contributed by atoms with Crippen molar-refractivity contribution in [3.63, 3.8) is 0 Å². The SMILES string of the molecule is COCCN1C(=O)CCCC(C(=O)O)C1c1ccccn1. The summed E-state index contributed by atoms with van der Waals surface area (Å²) >= 11 is 0. The fourth-order valence-corrected chi connectivity index (χ4v) is 2.78. The van der Waals surface area contributed by atoms with E-state index in [1.54, 1.807) is 30.3 Å². The Labute approximate surface area is 123 Å². The molecule has 21 heavy (non-hydrogen) atoms. The number of hydrogen-bond acceptors (Lipinski definition) is 4. The highest BCUT2D eigenvalue weighted by Crippen LogP contribution is 2.34. The summed E-state index contributed by atoms with van der Waals surface area (Å²) in [5.41, 5.74) is 0.622. The molecule has 2 rings (SSSR count). The standard InChI is InChI=1S/C15H20N2O4/c1-21-10-9-17-13(18)7-4-5-11(15(19)20)14(17)12-6-2-3-8-16-12/h2-3,6,8,11,14H,4-5,7,9-10H2,1H3,(H,19,20). The lowest BCUT2D eigenvalue weighted by Crippen LogP contribution is -2.41. The third-order valence-corrected chi connectivity index (χ3v) is 3.79. The summed E-state index contributed by atoms with van der Waals surface area (Å²) in [6.07, 6.45) is 3.06. The van der Waals surface area contributed by atoms with E-state index in [2.05, 4.69) is 4.98 Å². The average Bonchev–Trinajstić information content (AvgIpc) is 2.65. The van der Waals surface area contributed by atoms with E-state index < -0.39 is 17.9 Å². The van der Waals surface area contributed by atoms with Gasteiger partial charge in [0, 0.05) is 26.3 Å². The highest BCUT2D eigenvalue weighted by atomic mass is 16.5. The van der Waals surface area contributed by atoms with Gasteiger partial charge >= 0.3 is 5.97 Å². The average molecular weight is 292 g/mol. The van der Waals surface area contributed by atoms with E-state index in [0.717, 1.165) is 0 Å². The molecule has 2 unspecified atom stereocenters. The fraction of sp³-hybridized carbons (Fsp3) is 0.533. The second kappa shape index (κ2) is 7.17. The molecule has 0 spiro atoms. The van der Waals surface area contributed by atoms with E-state index in [0.29, 0.717) is 38.1 Å². The van der Waals surface area contributed by atoms with Gasteiger partial charge in [-0.3, -0.25) is 14.6 Å². The Bertz CT molecular complexity index is 492. The van der Waals surface area contributed by atoms with Crippen LogP contribution in [0.3, 0.4) is 0 Å². The number of aliphatic carboxylic acids is 1.